The molecule has 0 saturated carbocycles. The Balaban J connectivity index is 2.25. The molecule has 0 aliphatic heterocycles. The van der Waals surface area contributed by atoms with Crippen molar-refractivity contribution in [1.29, 1.82) is 0 Å². The van der Waals surface area contributed by atoms with E-state index in [-0.39, 0.29) is 27.8 Å². The van der Waals surface area contributed by atoms with E-state index in [1.165, 1.54) is 24.3 Å². The van der Waals surface area contributed by atoms with Crippen LogP contribution in [0.4, 0.5) is 10.1 Å². The third-order valence-corrected chi connectivity index (χ3v) is 10.8. The van der Waals surface area contributed by atoms with Gasteiger partial charge in [0.1, 0.15) is 34.4 Å². The summed E-state index contributed by atoms with van der Waals surface area (Å²) >= 11 is 0. The van der Waals surface area contributed by atoms with Crippen LogP contribution in [0, 0.1) is 5.82 Å². The molecule has 0 aliphatic rings. The molecule has 3 aromatic rings. The molecule has 33 heavy (non-hydrogen) atoms. The molecule has 1 aromatic heterocycles. The predicted molar refractivity (Wildman–Crippen MR) is 130 cm³/mol. The van der Waals surface area contributed by atoms with E-state index in [0.29, 0.717) is 22.4 Å². The Kier molecular flexibility index (Phi) is 6.38. The summed E-state index contributed by atoms with van der Waals surface area (Å²) in [4.78, 5) is 12.2. The molecule has 0 bridgehead atoms. The molecule has 3 rings (SSSR count). The lowest BCUT2D eigenvalue weighted by atomic mass is 10.0. The Morgan fingerprint density at radius 1 is 1.18 bits per heavy atom. The number of nitrogens with one attached hydrogen (secondary N) is 1. The summed E-state index contributed by atoms with van der Waals surface area (Å²) in [7, 11) is -5.70. The van der Waals surface area contributed by atoms with Gasteiger partial charge in [0.15, 0.2) is 9.84 Å². The first kappa shape index (κ1) is 24.8. The number of hydrogen-bond donors (Lipinski definition) is 2. The Labute approximate surface area is 193 Å². The number of rotatable bonds is 7. The largest absolute Gasteiger partial charge is 0.542 e. The summed E-state index contributed by atoms with van der Waals surface area (Å²) in [6.07, 6.45) is 1.11. The maximum Gasteiger partial charge on any atom is 0.340 e. The van der Waals surface area contributed by atoms with E-state index in [1.54, 1.807) is 12.1 Å². The fraction of sp³-hybridized carbons (Fsp3) is 0.348. The number of fused-ring (bicyclic) bond motifs is 1. The first-order valence-electron chi connectivity index (χ1n) is 10.3. The highest BCUT2D eigenvalue weighted by Gasteiger charge is 2.39. The van der Waals surface area contributed by atoms with Crippen LogP contribution in [0.25, 0.3) is 22.3 Å². The molecule has 2 aromatic carbocycles. The average Bonchev–Trinajstić information content (AvgIpc) is 3.03. The van der Waals surface area contributed by atoms with Gasteiger partial charge in [-0.25, -0.2) is 17.6 Å². The van der Waals surface area contributed by atoms with Crippen molar-refractivity contribution in [1.82, 2.24) is 0 Å². The van der Waals surface area contributed by atoms with E-state index in [4.69, 9.17) is 8.84 Å². The van der Waals surface area contributed by atoms with Crippen LogP contribution in [0.3, 0.4) is 0 Å². The molecule has 2 N–H and O–H groups in total. The van der Waals surface area contributed by atoms with Crippen LogP contribution in [0.15, 0.2) is 40.8 Å². The standard InChI is InChI=1S/C23H28FNO6SSi/c1-23(2,3)33(5,6)31-19-11-16-18(12-17(19)25-13-32(4,28)29)30-21(20(16)22(26)27)14-7-9-15(24)10-8-14/h7-12,25H,13H2,1-6H3,(H,26,27). The van der Waals surface area contributed by atoms with Gasteiger partial charge in [-0.1, -0.05) is 20.8 Å². The highest BCUT2D eigenvalue weighted by Crippen LogP contribution is 2.43. The summed E-state index contributed by atoms with van der Waals surface area (Å²) in [5, 5.41) is 13.0. The van der Waals surface area contributed by atoms with Crippen LogP contribution in [0.5, 0.6) is 5.75 Å². The normalized spacial score (nSPS) is 12.7. The van der Waals surface area contributed by atoms with Gasteiger partial charge in [0.05, 0.1) is 5.69 Å². The predicted octanol–water partition coefficient (Wildman–Crippen LogP) is 5.74. The summed E-state index contributed by atoms with van der Waals surface area (Å²) in [6.45, 7) is 10.3. The van der Waals surface area contributed by atoms with Crippen LogP contribution >= 0.6 is 0 Å². The molecule has 0 fully saturated rings. The monoisotopic (exact) mass is 493 g/mol. The maximum absolute atomic E-state index is 13.4. The molecule has 0 atom stereocenters. The van der Waals surface area contributed by atoms with Crippen molar-refractivity contribution >= 4 is 40.8 Å². The van der Waals surface area contributed by atoms with Crippen molar-refractivity contribution in [2.45, 2.75) is 38.9 Å². The molecule has 178 valence electrons. The number of sulfone groups is 1. The second kappa shape index (κ2) is 8.49. The molecule has 10 heteroatoms. The zero-order chi connectivity index (χ0) is 24.8. The van der Waals surface area contributed by atoms with Gasteiger partial charge in [-0.3, -0.25) is 0 Å². The fourth-order valence-corrected chi connectivity index (χ4v) is 4.44. The molecular formula is C23H28FNO6SSi. The Morgan fingerprint density at radius 3 is 2.30 bits per heavy atom. The zero-order valence-corrected chi connectivity index (χ0v) is 21.3. The Morgan fingerprint density at radius 2 is 1.79 bits per heavy atom. The zero-order valence-electron chi connectivity index (χ0n) is 19.4. The van der Waals surface area contributed by atoms with Crippen molar-refractivity contribution in [3.63, 3.8) is 0 Å². The van der Waals surface area contributed by atoms with E-state index >= 15 is 0 Å². The minimum atomic E-state index is -3.34. The van der Waals surface area contributed by atoms with Gasteiger partial charge in [-0.2, -0.15) is 0 Å². The van der Waals surface area contributed by atoms with Crippen LogP contribution in [-0.4, -0.2) is 39.9 Å². The van der Waals surface area contributed by atoms with Crippen molar-refractivity contribution in [3.05, 3.63) is 47.8 Å². The molecule has 0 spiro atoms. The number of carboxylic acids is 1. The van der Waals surface area contributed by atoms with Crippen molar-refractivity contribution < 1.29 is 31.6 Å². The van der Waals surface area contributed by atoms with E-state index in [9.17, 15) is 22.7 Å². The second-order valence-electron chi connectivity index (χ2n) is 9.57. The van der Waals surface area contributed by atoms with Crippen LogP contribution in [-0.2, 0) is 9.84 Å². The van der Waals surface area contributed by atoms with Crippen molar-refractivity contribution in [2.75, 3.05) is 17.4 Å². The van der Waals surface area contributed by atoms with E-state index in [2.05, 4.69) is 26.1 Å². The van der Waals surface area contributed by atoms with Gasteiger partial charge in [0, 0.05) is 23.3 Å². The third-order valence-electron chi connectivity index (χ3n) is 5.81. The van der Waals surface area contributed by atoms with Gasteiger partial charge in [0.25, 0.3) is 8.32 Å². The smallest absolute Gasteiger partial charge is 0.340 e. The maximum atomic E-state index is 13.4. The molecule has 0 amide bonds. The van der Waals surface area contributed by atoms with Crippen molar-refractivity contribution in [2.24, 2.45) is 0 Å². The topological polar surface area (TPSA) is 106 Å². The molecule has 0 saturated heterocycles. The highest BCUT2D eigenvalue weighted by atomic mass is 32.2. The molecule has 1 heterocycles. The number of anilines is 1. The summed E-state index contributed by atoms with van der Waals surface area (Å²) < 4.78 is 49.2. The average molecular weight is 494 g/mol. The third kappa shape index (κ3) is 5.39. The fourth-order valence-electron chi connectivity index (χ4n) is 3.00. The van der Waals surface area contributed by atoms with Gasteiger partial charge in [-0.05, 0) is 48.5 Å². The molecule has 7 nitrogen and oxygen atoms in total. The van der Waals surface area contributed by atoms with Crippen LogP contribution in [0.2, 0.25) is 18.1 Å². The first-order valence-corrected chi connectivity index (χ1v) is 15.3. The molecule has 0 unspecified atom stereocenters. The van der Waals surface area contributed by atoms with E-state index in [1.807, 2.05) is 13.1 Å². The number of hydrogen-bond acceptors (Lipinski definition) is 6. The molecule has 0 radical (unpaired) electrons. The van der Waals surface area contributed by atoms with Gasteiger partial charge in [-0.15, -0.1) is 0 Å². The van der Waals surface area contributed by atoms with Crippen LogP contribution < -0.4 is 9.74 Å². The lowest BCUT2D eigenvalue weighted by Crippen LogP contribution is -2.44. The quantitative estimate of drug-likeness (QED) is 0.405. The summed E-state index contributed by atoms with van der Waals surface area (Å²) in [5.41, 5.74) is 0.952. The van der Waals surface area contributed by atoms with Crippen LogP contribution in [0.1, 0.15) is 31.1 Å². The SMILES string of the molecule is CC(C)(C)[Si](C)(C)Oc1cc2c(C(=O)O)c(-c3ccc(F)cc3)oc2cc1NCS(C)(=O)=O. The number of carboxylic acid groups (broad SMARTS) is 1. The minimum absolute atomic E-state index is 0.0775. The highest BCUT2D eigenvalue weighted by molar-refractivity contribution is 7.90. The summed E-state index contributed by atoms with van der Waals surface area (Å²) in [5.74, 6) is -1.56. The first-order chi connectivity index (χ1) is 15.1. The lowest BCUT2D eigenvalue weighted by Gasteiger charge is -2.37. The minimum Gasteiger partial charge on any atom is -0.542 e. The summed E-state index contributed by atoms with van der Waals surface area (Å²) in [6, 6.07) is 8.44. The number of furan rings is 1. The molecular weight excluding hydrogens is 465 g/mol. The van der Waals surface area contributed by atoms with E-state index in [0.717, 1.165) is 6.26 Å². The number of carbonyl (C=O) groups is 1. The van der Waals surface area contributed by atoms with E-state index < -0.39 is 29.9 Å². The lowest BCUT2D eigenvalue weighted by molar-refractivity contribution is 0.0699. The number of halogens is 1. The Hall–Kier alpha value is -2.85. The second-order valence-corrected chi connectivity index (χ2v) is 16.4. The molecule has 0 aliphatic carbocycles. The van der Waals surface area contributed by atoms with Gasteiger partial charge < -0.3 is 19.3 Å². The van der Waals surface area contributed by atoms with Gasteiger partial charge >= 0.3 is 5.97 Å². The number of benzene rings is 2. The van der Waals surface area contributed by atoms with Gasteiger partial charge in [0.2, 0.25) is 0 Å². The Bertz CT molecular complexity index is 1310. The van der Waals surface area contributed by atoms with Crippen molar-refractivity contribution in [3.8, 4) is 17.1 Å². The number of aromatic carboxylic acids is 1.